The number of halogens is 2. The maximum Gasteiger partial charge on any atom is 0.321 e. The molecule has 1 unspecified atom stereocenters. The third-order valence-electron chi connectivity index (χ3n) is 11.9. The highest BCUT2D eigenvalue weighted by Gasteiger charge is 2.61. The summed E-state index contributed by atoms with van der Waals surface area (Å²) in [6.45, 7) is 21.0. The second-order valence-corrected chi connectivity index (χ2v) is 16.2. The van der Waals surface area contributed by atoms with Crippen molar-refractivity contribution in [3.8, 4) is 6.07 Å². The Morgan fingerprint density at radius 1 is 1.10 bits per heavy atom. The summed E-state index contributed by atoms with van der Waals surface area (Å²) in [5.74, 6) is -5.03. The van der Waals surface area contributed by atoms with E-state index in [9.17, 15) is 28.4 Å². The molecule has 42 heavy (non-hydrogen) atoms. The Hall–Kier alpha value is -2.36. The zero-order valence-electron chi connectivity index (χ0n) is 27.7. The first-order chi connectivity index (χ1) is 18.9. The molecule has 234 valence electrons. The van der Waals surface area contributed by atoms with Crippen molar-refractivity contribution in [1.29, 1.82) is 5.26 Å². The molecule has 3 rings (SSSR count). The van der Waals surface area contributed by atoms with Gasteiger partial charge in [-0.1, -0.05) is 74.0 Å². The van der Waals surface area contributed by atoms with Gasteiger partial charge < -0.3 is 5.32 Å². The molecule has 0 aliphatic heterocycles. The summed E-state index contributed by atoms with van der Waals surface area (Å²) >= 11 is 0. The lowest BCUT2D eigenvalue weighted by atomic mass is 9.42. The van der Waals surface area contributed by atoms with E-state index < -0.39 is 39.0 Å². The van der Waals surface area contributed by atoms with Crippen LogP contribution in [0.1, 0.15) is 121 Å². The normalized spacial score (nSPS) is 35.6. The number of amides is 1. The molecule has 3 aliphatic rings. The Kier molecular flexibility index (Phi) is 8.67. The number of nitrogens with one attached hydrogen (secondary N) is 1. The summed E-state index contributed by atoms with van der Waals surface area (Å²) in [7, 11) is 0. The quantitative estimate of drug-likeness (QED) is 0.305. The predicted octanol–water partition coefficient (Wildman–Crippen LogP) is 8.15. The number of allylic oxidation sites excluding steroid dienone is 4. The standard InChI is InChI=1S/C35H52F2N2O3/c1-22-19-29(3,4)14-16-35(22,39-28(42)34(11,36)37)17-15-30(5,6)33(10)13-12-25-31(7,8)27(41)24(21-38)20-32(25,9)26(33)18-23(2)40/h18,20,22,25H,12-17,19H2,1-11H3,(H,39,42)/b26-18-/t22?,25-,32-,33+,35-/m0/s1. The molecule has 0 aromatic rings. The number of carbonyl (C=O) groups is 3. The number of ketones is 2. The molecule has 0 radical (unpaired) electrons. The number of hydrogen-bond donors (Lipinski definition) is 1. The summed E-state index contributed by atoms with van der Waals surface area (Å²) < 4.78 is 28.3. The van der Waals surface area contributed by atoms with E-state index in [2.05, 4.69) is 59.9 Å². The number of fused-ring (bicyclic) bond motifs is 1. The molecular formula is C35H52F2N2O3. The maximum absolute atomic E-state index is 14.2. The number of Topliss-reactive ketones (excluding diaryl/α,β-unsaturated/α-hetero) is 1. The van der Waals surface area contributed by atoms with Crippen LogP contribution >= 0.6 is 0 Å². The summed E-state index contributed by atoms with van der Waals surface area (Å²) in [5.41, 5.74) is -1.99. The predicted molar refractivity (Wildman–Crippen MR) is 161 cm³/mol. The van der Waals surface area contributed by atoms with E-state index in [-0.39, 0.29) is 34.4 Å². The van der Waals surface area contributed by atoms with Crippen LogP contribution in [-0.2, 0) is 14.4 Å². The number of carbonyl (C=O) groups excluding carboxylic acids is 3. The van der Waals surface area contributed by atoms with E-state index in [1.54, 1.807) is 12.2 Å². The lowest BCUT2D eigenvalue weighted by Crippen LogP contribution is -2.60. The van der Waals surface area contributed by atoms with Crippen molar-refractivity contribution in [2.75, 3.05) is 0 Å². The van der Waals surface area contributed by atoms with Gasteiger partial charge in [0, 0.05) is 23.3 Å². The van der Waals surface area contributed by atoms with Gasteiger partial charge in [-0.2, -0.15) is 14.0 Å². The van der Waals surface area contributed by atoms with Gasteiger partial charge in [-0.05, 0) is 86.0 Å². The van der Waals surface area contributed by atoms with E-state index in [1.807, 2.05) is 13.8 Å². The number of nitrogens with zero attached hydrogens (tertiary/aromatic N) is 1. The van der Waals surface area contributed by atoms with Crippen LogP contribution in [0.3, 0.4) is 0 Å². The van der Waals surface area contributed by atoms with Gasteiger partial charge in [-0.3, -0.25) is 14.4 Å². The summed E-state index contributed by atoms with van der Waals surface area (Å²) in [6.07, 6.45) is 8.43. The van der Waals surface area contributed by atoms with Gasteiger partial charge in [0.1, 0.15) is 6.07 Å². The minimum Gasteiger partial charge on any atom is -0.345 e. The summed E-state index contributed by atoms with van der Waals surface area (Å²) in [4.78, 5) is 38.7. The Labute approximate surface area is 252 Å². The zero-order valence-corrected chi connectivity index (χ0v) is 27.7. The molecule has 0 spiro atoms. The van der Waals surface area contributed by atoms with Gasteiger partial charge in [-0.15, -0.1) is 0 Å². The molecule has 5 atom stereocenters. The zero-order chi connectivity index (χ0) is 32.3. The van der Waals surface area contributed by atoms with Crippen molar-refractivity contribution in [1.82, 2.24) is 5.32 Å². The first kappa shape index (κ1) is 34.1. The molecule has 0 aromatic carbocycles. The lowest BCUT2D eigenvalue weighted by molar-refractivity contribution is -0.147. The van der Waals surface area contributed by atoms with E-state index in [1.165, 1.54) is 6.92 Å². The number of nitriles is 1. The van der Waals surface area contributed by atoms with Crippen molar-refractivity contribution in [3.63, 3.8) is 0 Å². The van der Waals surface area contributed by atoms with Gasteiger partial charge in [0.25, 0.3) is 5.91 Å². The van der Waals surface area contributed by atoms with Crippen LogP contribution in [0.25, 0.3) is 0 Å². The molecule has 0 bridgehead atoms. The van der Waals surface area contributed by atoms with Crippen molar-refractivity contribution >= 4 is 17.5 Å². The molecular weight excluding hydrogens is 534 g/mol. The first-order valence-electron chi connectivity index (χ1n) is 15.5. The molecule has 1 amide bonds. The minimum atomic E-state index is -3.47. The fourth-order valence-corrected chi connectivity index (χ4v) is 8.81. The van der Waals surface area contributed by atoms with Crippen LogP contribution in [0, 0.1) is 50.2 Å². The van der Waals surface area contributed by atoms with Gasteiger partial charge in [0.2, 0.25) is 0 Å². The highest BCUT2D eigenvalue weighted by Crippen LogP contribution is 2.67. The summed E-state index contributed by atoms with van der Waals surface area (Å²) in [5, 5.41) is 12.7. The molecule has 1 N–H and O–H groups in total. The van der Waals surface area contributed by atoms with Crippen LogP contribution in [-0.4, -0.2) is 28.9 Å². The monoisotopic (exact) mass is 586 g/mol. The third-order valence-corrected chi connectivity index (χ3v) is 11.9. The Balaban J connectivity index is 2.08. The topological polar surface area (TPSA) is 87.0 Å². The third kappa shape index (κ3) is 5.76. The highest BCUT2D eigenvalue weighted by molar-refractivity contribution is 6.04. The van der Waals surface area contributed by atoms with Crippen molar-refractivity contribution < 1.29 is 23.2 Å². The van der Waals surface area contributed by atoms with E-state index in [0.717, 1.165) is 31.3 Å². The van der Waals surface area contributed by atoms with Crippen LogP contribution in [0.5, 0.6) is 0 Å². The largest absolute Gasteiger partial charge is 0.345 e. The van der Waals surface area contributed by atoms with E-state index >= 15 is 0 Å². The SMILES string of the molecule is CC(=O)/C=C1/[C@@]2(C)C=C(C#N)C(=O)C(C)(C)[C@@H]2CC[C@@]1(C)C(C)(C)CC[C@@]1(NC(=O)C(C)(F)F)CCC(C)(C)CC1C. The van der Waals surface area contributed by atoms with Crippen LogP contribution in [0.2, 0.25) is 0 Å². The Morgan fingerprint density at radius 3 is 2.19 bits per heavy atom. The second kappa shape index (κ2) is 10.7. The smallest absolute Gasteiger partial charge is 0.321 e. The van der Waals surface area contributed by atoms with E-state index in [0.29, 0.717) is 26.2 Å². The molecule has 5 nitrogen and oxygen atoms in total. The molecule has 0 saturated heterocycles. The molecule has 2 fully saturated rings. The molecule has 0 aromatic heterocycles. The molecule has 7 heteroatoms. The molecule has 2 saturated carbocycles. The maximum atomic E-state index is 14.2. The van der Waals surface area contributed by atoms with Gasteiger partial charge in [-0.25, -0.2) is 0 Å². The fraction of sp³-hybridized carbons (Fsp3) is 0.771. The Bertz CT molecular complexity index is 1250. The molecule has 3 aliphatic carbocycles. The van der Waals surface area contributed by atoms with Gasteiger partial charge in [0.15, 0.2) is 11.6 Å². The highest BCUT2D eigenvalue weighted by atomic mass is 19.3. The van der Waals surface area contributed by atoms with Crippen LogP contribution in [0.15, 0.2) is 23.3 Å². The van der Waals surface area contributed by atoms with E-state index in [4.69, 9.17) is 0 Å². The Morgan fingerprint density at radius 2 is 1.69 bits per heavy atom. The van der Waals surface area contributed by atoms with Gasteiger partial charge in [0.05, 0.1) is 5.57 Å². The van der Waals surface area contributed by atoms with Crippen LogP contribution < -0.4 is 5.32 Å². The summed E-state index contributed by atoms with van der Waals surface area (Å²) in [6, 6.07) is 2.12. The van der Waals surface area contributed by atoms with Crippen molar-refractivity contribution in [2.24, 2.45) is 38.9 Å². The number of rotatable bonds is 7. The van der Waals surface area contributed by atoms with Gasteiger partial charge >= 0.3 is 5.92 Å². The average molecular weight is 587 g/mol. The second-order valence-electron chi connectivity index (χ2n) is 16.2. The fourth-order valence-electron chi connectivity index (χ4n) is 8.81. The number of alkyl halides is 2. The minimum absolute atomic E-state index is 0.00270. The number of hydrogen-bond acceptors (Lipinski definition) is 4. The molecule has 0 heterocycles. The lowest BCUT2D eigenvalue weighted by Gasteiger charge is -2.61. The van der Waals surface area contributed by atoms with Crippen LogP contribution in [0.4, 0.5) is 8.78 Å². The van der Waals surface area contributed by atoms with Crippen molar-refractivity contribution in [3.05, 3.63) is 23.3 Å². The average Bonchev–Trinajstić information content (AvgIpc) is 2.83. The first-order valence-corrected chi connectivity index (χ1v) is 15.5. The van der Waals surface area contributed by atoms with Crippen molar-refractivity contribution in [2.45, 2.75) is 133 Å².